The molecule has 1 aromatic heterocycles. The molecule has 0 N–H and O–H groups in total. The number of halogens is 1. The number of benzene rings is 2. The second kappa shape index (κ2) is 8.93. The first-order chi connectivity index (χ1) is 13.4. The van der Waals surface area contributed by atoms with E-state index in [1.165, 1.54) is 0 Å². The minimum atomic E-state index is -0.228. The summed E-state index contributed by atoms with van der Waals surface area (Å²) in [5.74, 6) is 1.45. The molecule has 0 aliphatic heterocycles. The Hall–Kier alpha value is -2.79. The van der Waals surface area contributed by atoms with Crippen LogP contribution < -0.4 is 15.0 Å². The first-order valence-corrected chi connectivity index (χ1v) is 9.55. The van der Waals surface area contributed by atoms with E-state index >= 15 is 0 Å². The van der Waals surface area contributed by atoms with Gasteiger partial charge in [0.15, 0.2) is 0 Å². The van der Waals surface area contributed by atoms with Crippen LogP contribution in [0.4, 0.5) is 0 Å². The van der Waals surface area contributed by atoms with E-state index in [4.69, 9.17) is 21.1 Å². The molecule has 146 valence electrons. The van der Waals surface area contributed by atoms with Crippen LogP contribution in [-0.4, -0.2) is 16.2 Å². The van der Waals surface area contributed by atoms with Crippen molar-refractivity contribution in [2.75, 3.05) is 6.61 Å². The molecule has 0 unspecified atom stereocenters. The molecule has 0 bridgehead atoms. The first-order valence-electron chi connectivity index (χ1n) is 9.18. The van der Waals surface area contributed by atoms with Crippen LogP contribution in [0.3, 0.4) is 0 Å². The molecule has 3 aromatic rings. The molecule has 28 heavy (non-hydrogen) atoms. The molecule has 0 saturated carbocycles. The molecule has 1 heterocycles. The third-order valence-corrected chi connectivity index (χ3v) is 4.52. The molecule has 0 atom stereocenters. The second-order valence-corrected chi connectivity index (χ2v) is 7.06. The fourth-order valence-electron chi connectivity index (χ4n) is 2.84. The van der Waals surface area contributed by atoms with Gasteiger partial charge in [0.25, 0.3) is 11.6 Å². The highest BCUT2D eigenvalue weighted by Crippen LogP contribution is 2.26. The maximum absolute atomic E-state index is 11.9. The number of rotatable bonds is 7. The Morgan fingerprint density at radius 2 is 1.86 bits per heavy atom. The highest BCUT2D eigenvalue weighted by atomic mass is 35.5. The summed E-state index contributed by atoms with van der Waals surface area (Å²) < 4.78 is 13.3. The molecular formula is C22H23ClN2O3. The SMILES string of the molecule is CCc1cn(C)c(OCCc2ccc(Oc3cc(C)cc(Cl)c3)cc2)nc1=O. The van der Waals surface area contributed by atoms with E-state index in [0.29, 0.717) is 41.8 Å². The minimum absolute atomic E-state index is 0.228. The molecule has 0 aliphatic rings. The highest BCUT2D eigenvalue weighted by Gasteiger charge is 2.06. The molecule has 0 amide bonds. The van der Waals surface area contributed by atoms with Gasteiger partial charge in [0, 0.05) is 30.3 Å². The first kappa shape index (κ1) is 20.0. The van der Waals surface area contributed by atoms with Gasteiger partial charge in [-0.1, -0.05) is 30.7 Å². The summed E-state index contributed by atoms with van der Waals surface area (Å²) in [4.78, 5) is 15.9. The highest BCUT2D eigenvalue weighted by molar-refractivity contribution is 6.30. The Labute approximate surface area is 169 Å². The minimum Gasteiger partial charge on any atom is -0.464 e. The fraction of sp³-hybridized carbons (Fsp3) is 0.273. The largest absolute Gasteiger partial charge is 0.464 e. The van der Waals surface area contributed by atoms with Crippen LogP contribution >= 0.6 is 11.6 Å². The van der Waals surface area contributed by atoms with Gasteiger partial charge in [0.1, 0.15) is 11.5 Å². The van der Waals surface area contributed by atoms with Crippen molar-refractivity contribution in [1.82, 2.24) is 9.55 Å². The second-order valence-electron chi connectivity index (χ2n) is 6.63. The van der Waals surface area contributed by atoms with E-state index in [1.54, 1.807) is 16.8 Å². The van der Waals surface area contributed by atoms with Gasteiger partial charge in [0.2, 0.25) is 0 Å². The van der Waals surface area contributed by atoms with E-state index in [2.05, 4.69) is 4.98 Å². The normalized spacial score (nSPS) is 10.7. The van der Waals surface area contributed by atoms with Crippen molar-refractivity contribution in [1.29, 1.82) is 0 Å². The monoisotopic (exact) mass is 398 g/mol. The number of hydrogen-bond acceptors (Lipinski definition) is 4. The Balaban J connectivity index is 1.57. The summed E-state index contributed by atoms with van der Waals surface area (Å²) in [6.07, 6.45) is 3.12. The number of aromatic nitrogens is 2. The lowest BCUT2D eigenvalue weighted by Crippen LogP contribution is -2.19. The lowest BCUT2D eigenvalue weighted by molar-refractivity contribution is 0.281. The quantitative estimate of drug-likeness (QED) is 0.578. The van der Waals surface area contributed by atoms with Gasteiger partial charge in [-0.3, -0.25) is 4.79 Å². The molecule has 0 spiro atoms. The smallest absolute Gasteiger partial charge is 0.299 e. The Bertz CT molecular complexity index is 993. The van der Waals surface area contributed by atoms with Gasteiger partial charge in [-0.2, -0.15) is 4.98 Å². The molecule has 5 nitrogen and oxygen atoms in total. The van der Waals surface area contributed by atoms with Gasteiger partial charge in [-0.05, 0) is 54.8 Å². The number of aryl methyl sites for hydroxylation is 3. The summed E-state index contributed by atoms with van der Waals surface area (Å²) in [6.45, 7) is 4.33. The number of nitrogens with zero attached hydrogens (tertiary/aromatic N) is 2. The van der Waals surface area contributed by atoms with Crippen LogP contribution in [0.25, 0.3) is 0 Å². The number of hydrogen-bond donors (Lipinski definition) is 0. The topological polar surface area (TPSA) is 53.4 Å². The third kappa shape index (κ3) is 5.14. The fourth-order valence-corrected chi connectivity index (χ4v) is 3.12. The van der Waals surface area contributed by atoms with Gasteiger partial charge in [0.05, 0.1) is 6.61 Å². The summed E-state index contributed by atoms with van der Waals surface area (Å²) in [5, 5.41) is 0.652. The maximum Gasteiger partial charge on any atom is 0.299 e. The number of ether oxygens (including phenoxy) is 2. The molecule has 3 rings (SSSR count). The maximum atomic E-state index is 11.9. The van der Waals surface area contributed by atoms with Crippen LogP contribution in [0.5, 0.6) is 17.5 Å². The molecule has 0 fully saturated rings. The summed E-state index contributed by atoms with van der Waals surface area (Å²) in [6, 6.07) is 13.7. The van der Waals surface area contributed by atoms with Crippen molar-refractivity contribution in [3.63, 3.8) is 0 Å². The van der Waals surface area contributed by atoms with E-state index in [0.717, 1.165) is 16.9 Å². The van der Waals surface area contributed by atoms with Crippen LogP contribution in [0, 0.1) is 6.92 Å². The van der Waals surface area contributed by atoms with E-state index in [9.17, 15) is 4.79 Å². The Morgan fingerprint density at radius 1 is 1.11 bits per heavy atom. The lowest BCUT2D eigenvalue weighted by Gasteiger charge is -2.11. The standard InChI is InChI=1S/C22H23ClN2O3/c1-4-17-14-25(3)22(24-21(17)26)27-10-9-16-5-7-19(8-6-16)28-20-12-15(2)11-18(23)13-20/h5-8,11-14H,4,9-10H2,1-3H3. The lowest BCUT2D eigenvalue weighted by atomic mass is 10.1. The molecule has 0 saturated heterocycles. The zero-order valence-corrected chi connectivity index (χ0v) is 17.0. The summed E-state index contributed by atoms with van der Waals surface area (Å²) in [5.41, 5.74) is 2.60. The molecule has 0 radical (unpaired) electrons. The van der Waals surface area contributed by atoms with Crippen LogP contribution in [0.2, 0.25) is 5.02 Å². The van der Waals surface area contributed by atoms with E-state index in [-0.39, 0.29) is 5.56 Å². The summed E-state index contributed by atoms with van der Waals surface area (Å²) >= 11 is 6.07. The van der Waals surface area contributed by atoms with Crippen molar-refractivity contribution in [3.05, 3.63) is 80.7 Å². The molecular weight excluding hydrogens is 376 g/mol. The third-order valence-electron chi connectivity index (χ3n) is 4.30. The van der Waals surface area contributed by atoms with Crippen molar-refractivity contribution in [3.8, 4) is 17.5 Å². The van der Waals surface area contributed by atoms with Gasteiger partial charge >= 0.3 is 0 Å². The van der Waals surface area contributed by atoms with Crippen LogP contribution in [0.15, 0.2) is 53.5 Å². The van der Waals surface area contributed by atoms with Crippen LogP contribution in [-0.2, 0) is 19.9 Å². The van der Waals surface area contributed by atoms with E-state index < -0.39 is 0 Å². The average Bonchev–Trinajstić information content (AvgIpc) is 2.65. The zero-order valence-electron chi connectivity index (χ0n) is 16.2. The van der Waals surface area contributed by atoms with E-state index in [1.807, 2.05) is 57.3 Å². The van der Waals surface area contributed by atoms with Crippen LogP contribution in [0.1, 0.15) is 23.6 Å². The predicted molar refractivity (Wildman–Crippen MR) is 111 cm³/mol. The zero-order chi connectivity index (χ0) is 20.1. The average molecular weight is 399 g/mol. The van der Waals surface area contributed by atoms with Gasteiger partial charge in [-0.25, -0.2) is 0 Å². The summed E-state index contributed by atoms with van der Waals surface area (Å²) in [7, 11) is 1.82. The molecule has 0 aliphatic carbocycles. The predicted octanol–water partition coefficient (Wildman–Crippen LogP) is 4.72. The van der Waals surface area contributed by atoms with Crippen molar-refractivity contribution in [2.24, 2.45) is 7.05 Å². The Kier molecular flexibility index (Phi) is 6.37. The van der Waals surface area contributed by atoms with Gasteiger partial charge in [-0.15, -0.1) is 0 Å². The molecule has 6 heteroatoms. The van der Waals surface area contributed by atoms with Crippen molar-refractivity contribution in [2.45, 2.75) is 26.7 Å². The van der Waals surface area contributed by atoms with Crippen molar-refractivity contribution < 1.29 is 9.47 Å². The Morgan fingerprint density at radius 3 is 2.54 bits per heavy atom. The van der Waals surface area contributed by atoms with Gasteiger partial charge < -0.3 is 14.0 Å². The van der Waals surface area contributed by atoms with Crippen molar-refractivity contribution >= 4 is 11.6 Å². The molecule has 2 aromatic carbocycles.